The van der Waals surface area contributed by atoms with Crippen LogP contribution in [0.5, 0.6) is 5.75 Å². The number of allylic oxidation sites excluding steroid dienone is 4. The molecule has 5 heteroatoms. The van der Waals surface area contributed by atoms with Gasteiger partial charge in [-0.3, -0.25) is 5.32 Å². The first-order chi connectivity index (χ1) is 34.7. The molecule has 8 aromatic carbocycles. The van der Waals surface area contributed by atoms with Gasteiger partial charge in [0.05, 0.1) is 12.1 Å². The van der Waals surface area contributed by atoms with E-state index in [2.05, 4.69) is 235 Å². The van der Waals surface area contributed by atoms with Crippen LogP contribution >= 0.6 is 11.3 Å². The third-order valence-electron chi connectivity index (χ3n) is 15.5. The summed E-state index contributed by atoms with van der Waals surface area (Å²) in [5, 5.41) is 8.91. The zero-order chi connectivity index (χ0) is 45.9. The summed E-state index contributed by atoms with van der Waals surface area (Å²) in [6.45, 7) is 0. The van der Waals surface area contributed by atoms with Crippen LogP contribution in [0.25, 0.3) is 69.9 Å². The summed E-state index contributed by atoms with van der Waals surface area (Å²) in [5.74, 6) is 1.55. The van der Waals surface area contributed by atoms with E-state index < -0.39 is 0 Å². The maximum Gasteiger partial charge on any atom is 0.136 e. The minimum absolute atomic E-state index is 0.0141. The number of benzene rings is 8. The van der Waals surface area contributed by atoms with Crippen molar-refractivity contribution in [3.8, 4) is 28.0 Å². The van der Waals surface area contributed by atoms with Gasteiger partial charge in [0.15, 0.2) is 0 Å². The summed E-state index contributed by atoms with van der Waals surface area (Å²) in [6.07, 6.45) is 21.1. The largest absolute Gasteiger partial charge is 0.485 e. The fourth-order valence-electron chi connectivity index (χ4n) is 12.2. The molecular weight excluding hydrogens is 873 g/mol. The molecule has 0 radical (unpaired) electrons. The van der Waals surface area contributed by atoms with Crippen molar-refractivity contribution in [2.75, 3.05) is 4.90 Å². The van der Waals surface area contributed by atoms with Gasteiger partial charge in [-0.1, -0.05) is 158 Å². The van der Waals surface area contributed by atoms with E-state index in [0.717, 1.165) is 34.1 Å². The van der Waals surface area contributed by atoms with Crippen LogP contribution in [-0.4, -0.2) is 12.1 Å². The number of hydrogen-bond donors (Lipinski definition) is 1. The summed E-state index contributed by atoms with van der Waals surface area (Å²) in [5.41, 5.74) is 16.9. The van der Waals surface area contributed by atoms with Gasteiger partial charge in [-0.15, -0.1) is 11.3 Å². The molecule has 0 fully saturated rings. The maximum absolute atomic E-state index is 6.67. The number of rotatable bonds is 6. The van der Waals surface area contributed by atoms with Crippen molar-refractivity contribution in [3.63, 3.8) is 0 Å². The SMILES string of the molecule is C1=CC2Oc3cc(C4C=C(c5cccc6oc7ccc(-c8ccc9sc%10c(-c%11ccc%12c(c%11)C%11C=CC=CC%11N%12c%11ccccc%11)cccc%10c9c8)cc7c56)CC(c5ccccc5)N4)ccc3C2C=C1. The van der Waals surface area contributed by atoms with Crippen molar-refractivity contribution < 1.29 is 9.15 Å². The first kappa shape index (κ1) is 40.0. The third kappa shape index (κ3) is 6.32. The highest BCUT2D eigenvalue weighted by molar-refractivity contribution is 7.26. The lowest BCUT2D eigenvalue weighted by Crippen LogP contribution is -2.29. The van der Waals surface area contributed by atoms with Crippen LogP contribution in [0.4, 0.5) is 11.4 Å². The maximum atomic E-state index is 6.67. The van der Waals surface area contributed by atoms with E-state index in [9.17, 15) is 0 Å². The van der Waals surface area contributed by atoms with Crippen molar-refractivity contribution in [2.45, 2.75) is 42.5 Å². The number of anilines is 2. The van der Waals surface area contributed by atoms with E-state index in [-0.39, 0.29) is 30.1 Å². The Morgan fingerprint density at radius 2 is 1.31 bits per heavy atom. The van der Waals surface area contributed by atoms with Crippen LogP contribution in [-0.2, 0) is 0 Å². The topological polar surface area (TPSA) is 37.6 Å². The Kier molecular flexibility index (Phi) is 9.02. The zero-order valence-electron chi connectivity index (χ0n) is 38.2. The molecule has 70 heavy (non-hydrogen) atoms. The number of para-hydroxylation sites is 1. The van der Waals surface area contributed by atoms with Crippen molar-refractivity contribution >= 4 is 70.4 Å². The summed E-state index contributed by atoms with van der Waals surface area (Å²) >= 11 is 1.90. The number of nitrogens with zero attached hydrogens (tertiary/aromatic N) is 1. The van der Waals surface area contributed by atoms with Gasteiger partial charge in [-0.25, -0.2) is 0 Å². The van der Waals surface area contributed by atoms with Gasteiger partial charge in [0.2, 0.25) is 0 Å². The fraction of sp³-hybridized carbons (Fsp3) is 0.108. The van der Waals surface area contributed by atoms with Crippen LogP contribution in [0.2, 0.25) is 0 Å². The van der Waals surface area contributed by atoms with Crippen molar-refractivity contribution in [1.29, 1.82) is 0 Å². The predicted molar refractivity (Wildman–Crippen MR) is 290 cm³/mol. The number of nitrogens with one attached hydrogen (secondary N) is 1. The van der Waals surface area contributed by atoms with Gasteiger partial charge >= 0.3 is 0 Å². The molecule has 2 aromatic heterocycles. The van der Waals surface area contributed by atoms with Crippen molar-refractivity contribution in [1.82, 2.24) is 5.32 Å². The molecule has 0 saturated heterocycles. The van der Waals surface area contributed by atoms with E-state index in [1.54, 1.807) is 0 Å². The summed E-state index contributed by atoms with van der Waals surface area (Å²) in [7, 11) is 0. The molecule has 5 aliphatic rings. The van der Waals surface area contributed by atoms with Gasteiger partial charge in [-0.05, 0) is 123 Å². The van der Waals surface area contributed by atoms with Gasteiger partial charge in [0, 0.05) is 65.8 Å². The predicted octanol–water partition coefficient (Wildman–Crippen LogP) is 16.8. The average molecular weight is 919 g/mol. The van der Waals surface area contributed by atoms with E-state index in [0.29, 0.717) is 5.92 Å². The number of furan rings is 1. The zero-order valence-corrected chi connectivity index (χ0v) is 39.0. The molecule has 0 bridgehead atoms. The van der Waals surface area contributed by atoms with E-state index in [4.69, 9.17) is 9.15 Å². The molecule has 2 aliphatic carbocycles. The monoisotopic (exact) mass is 918 g/mol. The quantitative estimate of drug-likeness (QED) is 0.180. The highest BCUT2D eigenvalue weighted by Gasteiger charge is 2.38. The molecule has 6 unspecified atom stereocenters. The Morgan fingerprint density at radius 3 is 2.21 bits per heavy atom. The lowest BCUT2D eigenvalue weighted by atomic mass is 9.85. The fourth-order valence-corrected chi connectivity index (χ4v) is 13.4. The molecule has 0 saturated carbocycles. The van der Waals surface area contributed by atoms with Gasteiger partial charge < -0.3 is 14.1 Å². The molecular formula is C65H46N2O2S. The van der Waals surface area contributed by atoms with Crippen LogP contribution < -0.4 is 15.0 Å². The standard InChI is InChI=1S/C65H46N2O2S/c1-3-13-39(14-4-1)55-36-44(37-56(66-55)43-25-29-50-49-18-8-10-23-59(49)69-62(50)38-43)46-19-12-24-61-64(46)54-34-40(27-31-60(54)68-61)41-28-32-63-53(33-41)51-21-11-20-47(65(51)70-63)42-26-30-58-52(35-42)48-17-7-9-22-57(48)67(58)45-15-5-2-6-16-45/h1-35,37-38,48-49,55-57,59,66H,36H2. The van der Waals surface area contributed by atoms with Gasteiger partial charge in [0.1, 0.15) is 23.0 Å². The third-order valence-corrected chi connectivity index (χ3v) is 16.8. The number of fused-ring (bicyclic) bond motifs is 12. The first-order valence-corrected chi connectivity index (χ1v) is 25.4. The van der Waals surface area contributed by atoms with Gasteiger partial charge in [0.25, 0.3) is 0 Å². The van der Waals surface area contributed by atoms with E-state index >= 15 is 0 Å². The van der Waals surface area contributed by atoms with Crippen LogP contribution in [0.3, 0.4) is 0 Å². The molecule has 0 spiro atoms. The first-order valence-electron chi connectivity index (χ1n) is 24.6. The smallest absolute Gasteiger partial charge is 0.136 e. The normalized spacial score (nSPS) is 21.8. The minimum Gasteiger partial charge on any atom is -0.485 e. The second-order valence-corrected chi connectivity index (χ2v) is 20.5. The summed E-state index contributed by atoms with van der Waals surface area (Å²) in [6, 6.07) is 63.2. The van der Waals surface area contributed by atoms with Crippen LogP contribution in [0.1, 0.15) is 58.2 Å². The highest BCUT2D eigenvalue weighted by atomic mass is 32.1. The number of hydrogen-bond acceptors (Lipinski definition) is 5. The molecule has 6 atom stereocenters. The molecule has 10 aromatic rings. The lowest BCUT2D eigenvalue weighted by Gasteiger charge is -2.32. The molecule has 1 N–H and O–H groups in total. The molecule has 15 rings (SSSR count). The average Bonchev–Trinajstić information content (AvgIpc) is 4.19. The Hall–Kier alpha value is -7.96. The minimum atomic E-state index is -0.0141. The van der Waals surface area contributed by atoms with Crippen LogP contribution in [0, 0.1) is 0 Å². The Bertz CT molecular complexity index is 3930. The molecule has 5 heterocycles. The second kappa shape index (κ2) is 15.8. The molecule has 0 amide bonds. The highest BCUT2D eigenvalue weighted by Crippen LogP contribution is 2.51. The van der Waals surface area contributed by atoms with Crippen LogP contribution in [0.15, 0.2) is 229 Å². The molecule has 334 valence electrons. The van der Waals surface area contributed by atoms with Gasteiger partial charge in [-0.2, -0.15) is 0 Å². The summed E-state index contributed by atoms with van der Waals surface area (Å²) < 4.78 is 15.8. The number of ether oxygens (including phenoxy) is 1. The Morgan fingerprint density at radius 1 is 0.543 bits per heavy atom. The number of thiophene rings is 1. The van der Waals surface area contributed by atoms with Crippen molar-refractivity contribution in [3.05, 3.63) is 252 Å². The summed E-state index contributed by atoms with van der Waals surface area (Å²) in [4.78, 5) is 2.50. The Labute approximate surface area is 410 Å². The van der Waals surface area contributed by atoms with Crippen molar-refractivity contribution in [2.24, 2.45) is 0 Å². The second-order valence-electron chi connectivity index (χ2n) is 19.4. The molecule has 4 nitrogen and oxygen atoms in total. The van der Waals surface area contributed by atoms with E-state index in [1.165, 1.54) is 87.2 Å². The Balaban J connectivity index is 0.805. The molecule has 3 aliphatic heterocycles. The van der Waals surface area contributed by atoms with E-state index in [1.807, 2.05) is 11.3 Å². The lowest BCUT2D eigenvalue weighted by molar-refractivity contribution is 0.268.